The molecular weight excluding hydrogens is 270 g/mol. The molecule has 0 spiro atoms. The standard InChI is InChI=1S/C15H15N3OS/c1-3-18-12-7-5-4-6-11(12)17-14(18)8-13(19)15-10(2)16-9-20-15/h4-7,9H,3,8H2,1-2H3. The Kier molecular flexibility index (Phi) is 3.36. The molecule has 0 fully saturated rings. The molecule has 0 saturated heterocycles. The van der Waals surface area contributed by atoms with Crippen LogP contribution in [-0.2, 0) is 13.0 Å². The van der Waals surface area contributed by atoms with Gasteiger partial charge in [0.15, 0.2) is 5.78 Å². The second-order valence-electron chi connectivity index (χ2n) is 4.63. The van der Waals surface area contributed by atoms with Crippen molar-refractivity contribution < 1.29 is 4.79 Å². The molecule has 0 N–H and O–H groups in total. The van der Waals surface area contributed by atoms with E-state index in [4.69, 9.17) is 0 Å². The summed E-state index contributed by atoms with van der Waals surface area (Å²) in [6.45, 7) is 4.75. The van der Waals surface area contributed by atoms with Crippen molar-refractivity contribution in [3.63, 3.8) is 0 Å². The number of benzene rings is 1. The monoisotopic (exact) mass is 285 g/mol. The molecule has 5 heteroatoms. The molecule has 1 aromatic carbocycles. The van der Waals surface area contributed by atoms with Crippen LogP contribution < -0.4 is 0 Å². The lowest BCUT2D eigenvalue weighted by Crippen LogP contribution is -2.09. The van der Waals surface area contributed by atoms with Gasteiger partial charge in [0.25, 0.3) is 0 Å². The van der Waals surface area contributed by atoms with E-state index in [0.29, 0.717) is 6.42 Å². The third kappa shape index (κ3) is 2.14. The summed E-state index contributed by atoms with van der Waals surface area (Å²) >= 11 is 1.40. The minimum atomic E-state index is 0.0926. The Bertz CT molecular complexity index is 772. The number of carbonyl (C=O) groups is 1. The zero-order valence-corrected chi connectivity index (χ0v) is 12.3. The van der Waals surface area contributed by atoms with Gasteiger partial charge < -0.3 is 4.57 Å². The van der Waals surface area contributed by atoms with Crippen LogP contribution in [0.5, 0.6) is 0 Å². The van der Waals surface area contributed by atoms with E-state index in [2.05, 4.69) is 21.5 Å². The van der Waals surface area contributed by atoms with Crippen LogP contribution in [0.15, 0.2) is 29.8 Å². The molecule has 0 atom stereocenters. The van der Waals surface area contributed by atoms with Crippen molar-refractivity contribution >= 4 is 28.2 Å². The number of para-hydroxylation sites is 2. The predicted molar refractivity (Wildman–Crippen MR) is 80.3 cm³/mol. The van der Waals surface area contributed by atoms with Crippen LogP contribution in [0.1, 0.15) is 28.1 Å². The van der Waals surface area contributed by atoms with Gasteiger partial charge in [-0.05, 0) is 26.0 Å². The third-order valence-corrected chi connectivity index (χ3v) is 4.34. The van der Waals surface area contributed by atoms with Gasteiger partial charge in [0.1, 0.15) is 5.82 Å². The number of Topliss-reactive ketones (excluding diaryl/α,β-unsaturated/α-hetero) is 1. The van der Waals surface area contributed by atoms with E-state index in [1.807, 2.05) is 31.2 Å². The molecular formula is C15H15N3OS. The molecule has 2 aromatic heterocycles. The van der Waals surface area contributed by atoms with Crippen molar-refractivity contribution in [2.45, 2.75) is 26.8 Å². The van der Waals surface area contributed by atoms with Crippen LogP contribution in [0, 0.1) is 6.92 Å². The van der Waals surface area contributed by atoms with Crippen molar-refractivity contribution in [1.29, 1.82) is 0 Å². The summed E-state index contributed by atoms with van der Waals surface area (Å²) < 4.78 is 2.10. The van der Waals surface area contributed by atoms with E-state index < -0.39 is 0 Å². The quantitative estimate of drug-likeness (QED) is 0.691. The molecule has 0 radical (unpaired) electrons. The van der Waals surface area contributed by atoms with Crippen molar-refractivity contribution in [3.8, 4) is 0 Å². The molecule has 20 heavy (non-hydrogen) atoms. The minimum Gasteiger partial charge on any atom is -0.328 e. The number of nitrogens with zero attached hydrogens (tertiary/aromatic N) is 3. The average molecular weight is 285 g/mol. The fraction of sp³-hybridized carbons (Fsp3) is 0.267. The van der Waals surface area contributed by atoms with Crippen LogP contribution in [0.2, 0.25) is 0 Å². The highest BCUT2D eigenvalue weighted by Crippen LogP contribution is 2.19. The molecule has 102 valence electrons. The SMILES string of the molecule is CCn1c(CC(=O)c2scnc2C)nc2ccccc21. The zero-order valence-electron chi connectivity index (χ0n) is 11.5. The molecule has 0 saturated carbocycles. The fourth-order valence-corrected chi connectivity index (χ4v) is 3.15. The summed E-state index contributed by atoms with van der Waals surface area (Å²) in [6.07, 6.45) is 0.325. The van der Waals surface area contributed by atoms with Crippen LogP contribution in [0.25, 0.3) is 11.0 Å². The molecule has 3 aromatic rings. The third-order valence-electron chi connectivity index (χ3n) is 3.37. The molecule has 0 aliphatic rings. The molecule has 2 heterocycles. The lowest BCUT2D eigenvalue weighted by molar-refractivity contribution is 0.0993. The number of aromatic nitrogens is 3. The molecule has 4 nitrogen and oxygen atoms in total. The number of ketones is 1. The largest absolute Gasteiger partial charge is 0.328 e. The van der Waals surface area contributed by atoms with E-state index in [1.54, 1.807) is 5.51 Å². The van der Waals surface area contributed by atoms with Gasteiger partial charge in [0, 0.05) is 6.54 Å². The highest BCUT2D eigenvalue weighted by atomic mass is 32.1. The summed E-state index contributed by atoms with van der Waals surface area (Å²) in [7, 11) is 0. The lowest BCUT2D eigenvalue weighted by Gasteiger charge is -2.05. The highest BCUT2D eigenvalue weighted by molar-refractivity contribution is 7.11. The Morgan fingerprint density at radius 1 is 1.35 bits per heavy atom. The topological polar surface area (TPSA) is 47.8 Å². The van der Waals surface area contributed by atoms with Crippen LogP contribution in [0.4, 0.5) is 0 Å². The van der Waals surface area contributed by atoms with Crippen LogP contribution >= 0.6 is 11.3 Å². The van der Waals surface area contributed by atoms with Crippen molar-refractivity contribution in [3.05, 3.63) is 46.2 Å². The van der Waals surface area contributed by atoms with Crippen molar-refractivity contribution in [2.24, 2.45) is 0 Å². The maximum Gasteiger partial charge on any atom is 0.182 e. The molecule has 0 aliphatic carbocycles. The second-order valence-corrected chi connectivity index (χ2v) is 5.48. The first-order chi connectivity index (χ1) is 9.70. The number of hydrogen-bond acceptors (Lipinski definition) is 4. The molecule has 3 rings (SSSR count). The summed E-state index contributed by atoms with van der Waals surface area (Å²) in [4.78, 5) is 21.8. The Morgan fingerprint density at radius 3 is 2.85 bits per heavy atom. The van der Waals surface area contributed by atoms with E-state index in [0.717, 1.165) is 34.0 Å². The van der Waals surface area contributed by atoms with Gasteiger partial charge in [-0.25, -0.2) is 9.97 Å². The first-order valence-corrected chi connectivity index (χ1v) is 7.46. The van der Waals surface area contributed by atoms with Crippen LogP contribution in [0.3, 0.4) is 0 Å². The minimum absolute atomic E-state index is 0.0926. The molecule has 0 bridgehead atoms. The van der Waals surface area contributed by atoms with Gasteiger partial charge in [0.2, 0.25) is 0 Å². The maximum absolute atomic E-state index is 12.4. The second kappa shape index (κ2) is 5.17. The van der Waals surface area contributed by atoms with E-state index in [-0.39, 0.29) is 5.78 Å². The van der Waals surface area contributed by atoms with E-state index >= 15 is 0 Å². The smallest absolute Gasteiger partial charge is 0.182 e. The number of imidazole rings is 1. The van der Waals surface area contributed by atoms with Crippen molar-refractivity contribution in [2.75, 3.05) is 0 Å². The van der Waals surface area contributed by atoms with Gasteiger partial charge in [-0.15, -0.1) is 11.3 Å². The Labute approximate surface area is 121 Å². The number of aryl methyl sites for hydroxylation is 2. The summed E-state index contributed by atoms with van der Waals surface area (Å²) in [5.41, 5.74) is 4.54. The number of hydrogen-bond donors (Lipinski definition) is 0. The summed E-state index contributed by atoms with van der Waals surface area (Å²) in [5.74, 6) is 0.918. The normalized spacial score (nSPS) is 11.1. The van der Waals surface area contributed by atoms with E-state index in [1.165, 1.54) is 11.3 Å². The molecule has 0 amide bonds. The van der Waals surface area contributed by atoms with E-state index in [9.17, 15) is 4.79 Å². The Morgan fingerprint density at radius 2 is 2.15 bits per heavy atom. The van der Waals surface area contributed by atoms with Crippen LogP contribution in [-0.4, -0.2) is 20.3 Å². The number of thiazole rings is 1. The lowest BCUT2D eigenvalue weighted by atomic mass is 10.2. The summed E-state index contributed by atoms with van der Waals surface area (Å²) in [6, 6.07) is 7.98. The number of carbonyl (C=O) groups excluding carboxylic acids is 1. The predicted octanol–water partition coefficient (Wildman–Crippen LogP) is 3.25. The zero-order chi connectivity index (χ0) is 14.1. The van der Waals surface area contributed by atoms with Gasteiger partial charge >= 0.3 is 0 Å². The van der Waals surface area contributed by atoms with Gasteiger partial charge in [-0.3, -0.25) is 4.79 Å². The highest BCUT2D eigenvalue weighted by Gasteiger charge is 2.17. The first kappa shape index (κ1) is 13.0. The fourth-order valence-electron chi connectivity index (χ4n) is 2.41. The summed E-state index contributed by atoms with van der Waals surface area (Å²) in [5, 5.41) is 0. The molecule has 0 unspecified atom stereocenters. The van der Waals surface area contributed by atoms with Gasteiger partial charge in [0.05, 0.1) is 33.5 Å². The number of rotatable bonds is 4. The average Bonchev–Trinajstić information content (AvgIpc) is 3.01. The van der Waals surface area contributed by atoms with Gasteiger partial charge in [-0.2, -0.15) is 0 Å². The van der Waals surface area contributed by atoms with Crippen molar-refractivity contribution in [1.82, 2.24) is 14.5 Å². The van der Waals surface area contributed by atoms with Gasteiger partial charge in [-0.1, -0.05) is 12.1 Å². The maximum atomic E-state index is 12.4. The number of fused-ring (bicyclic) bond motifs is 1. The molecule has 0 aliphatic heterocycles. The first-order valence-electron chi connectivity index (χ1n) is 6.58. The Hall–Kier alpha value is -2.01. The Balaban J connectivity index is 1.99.